The molecule has 0 spiro atoms. The molecule has 0 aromatic carbocycles. The summed E-state index contributed by atoms with van der Waals surface area (Å²) in [6.07, 6.45) is -0.696. The molecule has 0 saturated carbocycles. The molecule has 1 atom stereocenters. The van der Waals surface area contributed by atoms with Gasteiger partial charge >= 0.3 is 5.97 Å². The summed E-state index contributed by atoms with van der Waals surface area (Å²) >= 11 is 0. The van der Waals surface area contributed by atoms with E-state index in [0.29, 0.717) is 5.01 Å². The third-order valence-electron chi connectivity index (χ3n) is 1.59. The monoisotopic (exact) mass is 166 g/mol. The normalized spacial score (nSPS) is 30.6. The Morgan fingerprint density at radius 3 is 2.45 bits per heavy atom. The summed E-state index contributed by atoms with van der Waals surface area (Å²) in [6.45, 7) is -0.677. The third-order valence-corrected chi connectivity index (χ3v) is 1.59. The minimum absolute atomic E-state index is 0.655. The number of nitrogens with zero attached hydrogens (tertiary/aromatic N) is 1. The Morgan fingerprint density at radius 2 is 2.27 bits per heavy atom. The number of aliphatic carboxylic acids is 1. The Balaban J connectivity index is 2.66. The molecule has 0 bridgehead atoms. The van der Waals surface area contributed by atoms with Gasteiger partial charge in [0.05, 0.1) is 6.54 Å². The predicted octanol–water partition coefficient (Wildman–Crippen LogP) is -0.346. The summed E-state index contributed by atoms with van der Waals surface area (Å²) in [4.78, 5) is 10.2. The Morgan fingerprint density at radius 1 is 1.73 bits per heavy atom. The molecule has 11 heavy (non-hydrogen) atoms. The number of halogens is 2. The molecule has 0 aromatic rings. The molecular formula is C5H8F2N2O2. The average molecular weight is 166 g/mol. The van der Waals surface area contributed by atoms with Gasteiger partial charge in [-0.1, -0.05) is 0 Å². The minimum Gasteiger partial charge on any atom is -0.480 e. The highest BCUT2D eigenvalue weighted by atomic mass is 19.3. The van der Waals surface area contributed by atoms with Crippen LogP contribution in [0.15, 0.2) is 0 Å². The lowest BCUT2D eigenvalue weighted by Gasteiger charge is -2.11. The largest absolute Gasteiger partial charge is 0.480 e. The molecule has 1 aliphatic heterocycles. The molecule has 64 valence electrons. The van der Waals surface area contributed by atoms with E-state index in [1.807, 2.05) is 0 Å². The first kappa shape index (κ1) is 8.35. The Bertz CT molecular complexity index is 185. The topological polar surface area (TPSA) is 66.6 Å². The second-order valence-electron chi connectivity index (χ2n) is 2.59. The second kappa shape index (κ2) is 2.38. The zero-order valence-electron chi connectivity index (χ0n) is 5.63. The lowest BCUT2D eigenvalue weighted by molar-refractivity contribution is -0.142. The molecule has 0 radical (unpaired) electrons. The van der Waals surface area contributed by atoms with Crippen molar-refractivity contribution in [3.05, 3.63) is 0 Å². The smallest absolute Gasteiger partial charge is 0.322 e. The Hall–Kier alpha value is -0.750. The zero-order valence-corrected chi connectivity index (χ0v) is 5.63. The predicted molar refractivity (Wildman–Crippen MR) is 31.9 cm³/mol. The molecule has 0 unspecified atom stereocenters. The first-order chi connectivity index (χ1) is 4.92. The summed E-state index contributed by atoms with van der Waals surface area (Å²) in [6, 6.07) is -1.25. The molecule has 0 aliphatic carbocycles. The van der Waals surface area contributed by atoms with Crippen molar-refractivity contribution in [3.8, 4) is 0 Å². The van der Waals surface area contributed by atoms with Crippen molar-refractivity contribution < 1.29 is 18.7 Å². The number of alkyl halides is 2. The van der Waals surface area contributed by atoms with Gasteiger partial charge in [0.1, 0.15) is 6.04 Å². The Labute approximate surface area is 61.5 Å². The van der Waals surface area contributed by atoms with Crippen LogP contribution in [0.4, 0.5) is 8.78 Å². The maximum Gasteiger partial charge on any atom is 0.322 e. The van der Waals surface area contributed by atoms with Crippen molar-refractivity contribution in [2.24, 2.45) is 5.84 Å². The molecule has 0 amide bonds. The maximum absolute atomic E-state index is 12.4. The van der Waals surface area contributed by atoms with Gasteiger partial charge < -0.3 is 5.11 Å². The van der Waals surface area contributed by atoms with Gasteiger partial charge in [0.25, 0.3) is 5.92 Å². The first-order valence-electron chi connectivity index (χ1n) is 3.04. The fourth-order valence-corrected chi connectivity index (χ4v) is 1.07. The van der Waals surface area contributed by atoms with Gasteiger partial charge in [0.2, 0.25) is 0 Å². The van der Waals surface area contributed by atoms with Gasteiger partial charge in [-0.25, -0.2) is 13.8 Å². The van der Waals surface area contributed by atoms with Crippen LogP contribution in [0.2, 0.25) is 0 Å². The number of carbonyl (C=O) groups is 1. The van der Waals surface area contributed by atoms with Crippen LogP contribution in [0.25, 0.3) is 0 Å². The number of nitrogens with two attached hydrogens (primary N) is 1. The summed E-state index contributed by atoms with van der Waals surface area (Å²) in [5, 5.41) is 9.02. The van der Waals surface area contributed by atoms with E-state index >= 15 is 0 Å². The molecule has 0 aromatic heterocycles. The van der Waals surface area contributed by atoms with Crippen LogP contribution in [0.5, 0.6) is 0 Å². The van der Waals surface area contributed by atoms with Crippen LogP contribution in [0, 0.1) is 0 Å². The van der Waals surface area contributed by atoms with E-state index in [1.54, 1.807) is 0 Å². The van der Waals surface area contributed by atoms with Crippen LogP contribution in [0.3, 0.4) is 0 Å². The fraction of sp³-hybridized carbons (Fsp3) is 0.800. The molecule has 6 heteroatoms. The summed E-state index contributed by atoms with van der Waals surface area (Å²) in [5.41, 5.74) is 0. The summed E-state index contributed by atoms with van der Waals surface area (Å²) in [5.74, 6) is 0.766. The molecule has 1 fully saturated rings. The molecule has 1 rings (SSSR count). The molecule has 3 N–H and O–H groups in total. The minimum atomic E-state index is -2.96. The molecule has 1 saturated heterocycles. The van der Waals surface area contributed by atoms with Crippen LogP contribution in [-0.4, -0.2) is 34.6 Å². The van der Waals surface area contributed by atoms with E-state index in [1.165, 1.54) is 0 Å². The van der Waals surface area contributed by atoms with Crippen molar-refractivity contribution in [2.45, 2.75) is 18.4 Å². The van der Waals surface area contributed by atoms with Crippen molar-refractivity contribution in [1.82, 2.24) is 5.01 Å². The average Bonchev–Trinajstić information content (AvgIpc) is 2.05. The quantitative estimate of drug-likeness (QED) is 0.523. The molecule has 1 aliphatic rings. The van der Waals surface area contributed by atoms with E-state index in [9.17, 15) is 13.6 Å². The highest BCUT2D eigenvalue weighted by Crippen LogP contribution is 2.29. The van der Waals surface area contributed by atoms with Crippen molar-refractivity contribution in [3.63, 3.8) is 0 Å². The van der Waals surface area contributed by atoms with Crippen LogP contribution in [0.1, 0.15) is 6.42 Å². The van der Waals surface area contributed by atoms with E-state index in [4.69, 9.17) is 10.9 Å². The van der Waals surface area contributed by atoms with Gasteiger partial charge in [-0.3, -0.25) is 10.6 Å². The van der Waals surface area contributed by atoms with Crippen molar-refractivity contribution >= 4 is 5.97 Å². The standard InChI is InChI=1S/C5H8F2N2O2/c6-5(7)1-3(4(10)11)9(8)2-5/h3H,1-2,8H2,(H,10,11)/t3-/m0/s1. The third kappa shape index (κ3) is 1.63. The lowest BCUT2D eigenvalue weighted by atomic mass is 10.2. The van der Waals surface area contributed by atoms with Crippen molar-refractivity contribution in [1.29, 1.82) is 0 Å². The van der Waals surface area contributed by atoms with E-state index in [-0.39, 0.29) is 0 Å². The number of hydrazine groups is 1. The van der Waals surface area contributed by atoms with Gasteiger partial charge in [-0.05, 0) is 0 Å². The SMILES string of the molecule is NN1CC(F)(F)C[C@H]1C(=O)O. The van der Waals surface area contributed by atoms with E-state index in [0.717, 1.165) is 0 Å². The number of rotatable bonds is 1. The van der Waals surface area contributed by atoms with Crippen molar-refractivity contribution in [2.75, 3.05) is 6.54 Å². The zero-order chi connectivity index (χ0) is 8.65. The highest BCUT2D eigenvalue weighted by Gasteiger charge is 2.47. The maximum atomic E-state index is 12.4. The first-order valence-corrected chi connectivity index (χ1v) is 3.04. The van der Waals surface area contributed by atoms with Gasteiger partial charge in [0, 0.05) is 6.42 Å². The van der Waals surface area contributed by atoms with Gasteiger partial charge in [-0.2, -0.15) is 0 Å². The Kier molecular flexibility index (Phi) is 1.81. The lowest BCUT2D eigenvalue weighted by Crippen LogP contribution is -2.41. The van der Waals surface area contributed by atoms with Gasteiger partial charge in [0.15, 0.2) is 0 Å². The number of carboxylic acid groups (broad SMARTS) is 1. The van der Waals surface area contributed by atoms with Crippen LogP contribution < -0.4 is 5.84 Å². The summed E-state index contributed by atoms with van der Waals surface area (Å²) in [7, 11) is 0. The number of carboxylic acids is 1. The molecular weight excluding hydrogens is 158 g/mol. The van der Waals surface area contributed by atoms with Gasteiger partial charge in [-0.15, -0.1) is 0 Å². The summed E-state index contributed by atoms with van der Waals surface area (Å²) < 4.78 is 24.8. The number of hydrogen-bond acceptors (Lipinski definition) is 3. The fourth-order valence-electron chi connectivity index (χ4n) is 1.07. The molecule has 1 heterocycles. The number of hydrogen-bond donors (Lipinski definition) is 2. The van der Waals surface area contributed by atoms with Crippen LogP contribution >= 0.6 is 0 Å². The second-order valence-corrected chi connectivity index (χ2v) is 2.59. The molecule has 4 nitrogen and oxygen atoms in total. The van der Waals surface area contributed by atoms with E-state index in [2.05, 4.69) is 0 Å². The van der Waals surface area contributed by atoms with E-state index < -0.39 is 30.9 Å². The van der Waals surface area contributed by atoms with Crippen LogP contribution in [-0.2, 0) is 4.79 Å². The highest BCUT2D eigenvalue weighted by molar-refractivity contribution is 5.73.